The van der Waals surface area contributed by atoms with Gasteiger partial charge in [-0.05, 0) is 30.4 Å². The summed E-state index contributed by atoms with van der Waals surface area (Å²) in [6.07, 6.45) is 4.54. The number of aryl methyl sites for hydroxylation is 1. The molecule has 1 fully saturated rings. The molecule has 0 amide bonds. The Morgan fingerprint density at radius 3 is 2.69 bits per heavy atom. The van der Waals surface area contributed by atoms with Gasteiger partial charge >= 0.3 is 0 Å². The quantitative estimate of drug-likeness (QED) is 0.580. The fraction of sp³-hybridized carbons (Fsp3) is 0.500. The number of benzene rings is 1. The van der Waals surface area contributed by atoms with Crippen molar-refractivity contribution in [2.75, 3.05) is 31.6 Å². The van der Waals surface area contributed by atoms with E-state index in [9.17, 15) is 0 Å². The molecule has 5 nitrogen and oxygen atoms in total. The summed E-state index contributed by atoms with van der Waals surface area (Å²) in [6.45, 7) is 6.12. The summed E-state index contributed by atoms with van der Waals surface area (Å²) in [6, 6.07) is 8.55. The van der Waals surface area contributed by atoms with Gasteiger partial charge in [-0.1, -0.05) is 31.2 Å². The number of thiazole rings is 1. The lowest BCUT2D eigenvalue weighted by Crippen LogP contribution is -2.38. The molecule has 1 aromatic heterocycles. The third kappa shape index (κ3) is 4.97. The van der Waals surface area contributed by atoms with Crippen molar-refractivity contribution in [3.8, 4) is 0 Å². The SMILES string of the molecule is CCc1ccccc1CNC(=NC)NCCc1csc(N2CCCC2)n1. The summed E-state index contributed by atoms with van der Waals surface area (Å²) >= 11 is 1.76. The average Bonchev–Trinajstić information content (AvgIpc) is 3.36. The first-order chi connectivity index (χ1) is 12.8. The summed E-state index contributed by atoms with van der Waals surface area (Å²) < 4.78 is 0. The van der Waals surface area contributed by atoms with Crippen molar-refractivity contribution >= 4 is 22.4 Å². The van der Waals surface area contributed by atoms with Gasteiger partial charge < -0.3 is 15.5 Å². The Bertz CT molecular complexity index is 718. The zero-order chi connectivity index (χ0) is 18.2. The van der Waals surface area contributed by atoms with Crippen LogP contribution in [0.2, 0.25) is 0 Å². The first kappa shape index (κ1) is 18.7. The molecular formula is C20H29N5S. The number of aliphatic imine (C=N–C) groups is 1. The second-order valence-corrected chi connectivity index (χ2v) is 7.38. The van der Waals surface area contributed by atoms with E-state index in [1.54, 1.807) is 11.3 Å². The second-order valence-electron chi connectivity index (χ2n) is 6.54. The van der Waals surface area contributed by atoms with Crippen molar-refractivity contribution < 1.29 is 0 Å². The lowest BCUT2D eigenvalue weighted by molar-refractivity contribution is 0.782. The molecule has 2 heterocycles. The number of anilines is 1. The van der Waals surface area contributed by atoms with Crippen LogP contribution in [0.5, 0.6) is 0 Å². The third-order valence-corrected chi connectivity index (χ3v) is 5.71. The molecule has 6 heteroatoms. The molecule has 2 N–H and O–H groups in total. The van der Waals surface area contributed by atoms with E-state index >= 15 is 0 Å². The number of aromatic nitrogens is 1. The monoisotopic (exact) mass is 371 g/mol. The van der Waals surface area contributed by atoms with Crippen LogP contribution in [0.3, 0.4) is 0 Å². The van der Waals surface area contributed by atoms with E-state index in [4.69, 9.17) is 4.98 Å². The normalized spacial score (nSPS) is 14.7. The maximum Gasteiger partial charge on any atom is 0.191 e. The first-order valence-electron chi connectivity index (χ1n) is 9.50. The lowest BCUT2D eigenvalue weighted by Gasteiger charge is -2.13. The molecule has 0 bridgehead atoms. The van der Waals surface area contributed by atoms with Crippen molar-refractivity contribution in [3.63, 3.8) is 0 Å². The van der Waals surface area contributed by atoms with E-state index in [-0.39, 0.29) is 0 Å². The van der Waals surface area contributed by atoms with Gasteiger partial charge in [0.2, 0.25) is 0 Å². The number of guanidine groups is 1. The Morgan fingerprint density at radius 1 is 1.19 bits per heavy atom. The first-order valence-corrected chi connectivity index (χ1v) is 10.4. The van der Waals surface area contributed by atoms with Gasteiger partial charge in [-0.25, -0.2) is 4.98 Å². The van der Waals surface area contributed by atoms with Gasteiger partial charge in [-0.2, -0.15) is 0 Å². The number of hydrogen-bond donors (Lipinski definition) is 2. The van der Waals surface area contributed by atoms with Gasteiger partial charge in [0.15, 0.2) is 11.1 Å². The number of rotatable bonds is 7. The van der Waals surface area contributed by atoms with E-state index < -0.39 is 0 Å². The molecule has 1 saturated heterocycles. The van der Waals surface area contributed by atoms with Crippen molar-refractivity contribution in [1.82, 2.24) is 15.6 Å². The van der Waals surface area contributed by atoms with Crippen LogP contribution in [0.1, 0.15) is 36.6 Å². The highest BCUT2D eigenvalue weighted by Crippen LogP contribution is 2.24. The largest absolute Gasteiger partial charge is 0.356 e. The van der Waals surface area contributed by atoms with E-state index in [0.29, 0.717) is 0 Å². The van der Waals surface area contributed by atoms with Crippen LogP contribution in [0.15, 0.2) is 34.6 Å². The highest BCUT2D eigenvalue weighted by molar-refractivity contribution is 7.13. The molecule has 0 unspecified atom stereocenters. The van der Waals surface area contributed by atoms with Gasteiger partial charge in [0, 0.05) is 45.0 Å². The standard InChI is InChI=1S/C20H29N5S/c1-3-16-8-4-5-9-17(16)14-23-19(21-2)22-11-10-18-15-26-20(24-18)25-12-6-7-13-25/h4-5,8-9,15H,3,6-7,10-14H2,1-2H3,(H2,21,22,23). The molecular weight excluding hydrogens is 342 g/mol. The summed E-state index contributed by atoms with van der Waals surface area (Å²) in [4.78, 5) is 11.5. The van der Waals surface area contributed by atoms with E-state index in [2.05, 4.69) is 57.1 Å². The van der Waals surface area contributed by atoms with Crippen LogP contribution in [-0.2, 0) is 19.4 Å². The van der Waals surface area contributed by atoms with Crippen LogP contribution < -0.4 is 15.5 Å². The van der Waals surface area contributed by atoms with Crippen molar-refractivity contribution in [2.24, 2.45) is 4.99 Å². The van der Waals surface area contributed by atoms with Gasteiger partial charge in [0.1, 0.15) is 0 Å². The number of nitrogens with one attached hydrogen (secondary N) is 2. The molecule has 1 aliphatic heterocycles. The van der Waals surface area contributed by atoms with Crippen molar-refractivity contribution in [2.45, 2.75) is 39.2 Å². The summed E-state index contributed by atoms with van der Waals surface area (Å²) in [5, 5.41) is 10.2. The molecule has 3 rings (SSSR count). The topological polar surface area (TPSA) is 52.6 Å². The fourth-order valence-corrected chi connectivity index (χ4v) is 4.16. The molecule has 0 atom stereocenters. The summed E-state index contributed by atoms with van der Waals surface area (Å²) in [5.74, 6) is 0.839. The molecule has 1 aromatic carbocycles. The van der Waals surface area contributed by atoms with Crippen LogP contribution in [0.4, 0.5) is 5.13 Å². The molecule has 26 heavy (non-hydrogen) atoms. The minimum absolute atomic E-state index is 0.791. The fourth-order valence-electron chi connectivity index (χ4n) is 3.25. The molecule has 2 aromatic rings. The van der Waals surface area contributed by atoms with E-state index in [1.807, 2.05) is 7.05 Å². The van der Waals surface area contributed by atoms with Crippen LogP contribution >= 0.6 is 11.3 Å². The van der Waals surface area contributed by atoms with Crippen LogP contribution in [0.25, 0.3) is 0 Å². The van der Waals surface area contributed by atoms with Gasteiger partial charge in [-0.15, -0.1) is 11.3 Å². The predicted octanol–water partition coefficient (Wildman–Crippen LogP) is 3.21. The molecule has 140 valence electrons. The zero-order valence-corrected chi connectivity index (χ0v) is 16.6. The Kier molecular flexibility index (Phi) is 6.89. The lowest BCUT2D eigenvalue weighted by atomic mass is 10.1. The molecule has 1 aliphatic rings. The summed E-state index contributed by atoms with van der Waals surface area (Å²) in [7, 11) is 1.81. The van der Waals surface area contributed by atoms with E-state index in [0.717, 1.165) is 50.7 Å². The number of nitrogens with zero attached hydrogens (tertiary/aromatic N) is 3. The molecule has 0 spiro atoms. The maximum absolute atomic E-state index is 4.78. The van der Waals surface area contributed by atoms with Gasteiger partial charge in [-0.3, -0.25) is 4.99 Å². The van der Waals surface area contributed by atoms with Crippen LogP contribution in [0, 0.1) is 0 Å². The molecule has 0 saturated carbocycles. The maximum atomic E-state index is 4.78. The third-order valence-electron chi connectivity index (χ3n) is 4.76. The average molecular weight is 372 g/mol. The van der Waals surface area contributed by atoms with Crippen LogP contribution in [-0.4, -0.2) is 37.6 Å². The second kappa shape index (κ2) is 9.57. The smallest absolute Gasteiger partial charge is 0.191 e. The minimum Gasteiger partial charge on any atom is -0.356 e. The van der Waals surface area contributed by atoms with Crippen molar-refractivity contribution in [3.05, 3.63) is 46.5 Å². The van der Waals surface area contributed by atoms with Gasteiger partial charge in [0.05, 0.1) is 5.69 Å². The van der Waals surface area contributed by atoms with E-state index in [1.165, 1.54) is 29.1 Å². The highest BCUT2D eigenvalue weighted by Gasteiger charge is 2.15. The Morgan fingerprint density at radius 2 is 1.96 bits per heavy atom. The summed E-state index contributed by atoms with van der Waals surface area (Å²) in [5.41, 5.74) is 3.87. The molecule has 0 aliphatic carbocycles. The van der Waals surface area contributed by atoms with Gasteiger partial charge in [0.25, 0.3) is 0 Å². The Hall–Kier alpha value is -2.08. The Balaban J connectivity index is 1.44. The van der Waals surface area contributed by atoms with Crippen molar-refractivity contribution in [1.29, 1.82) is 0 Å². The minimum atomic E-state index is 0.791. The zero-order valence-electron chi connectivity index (χ0n) is 15.8. The highest BCUT2D eigenvalue weighted by atomic mass is 32.1. The number of hydrogen-bond acceptors (Lipinski definition) is 4. The predicted molar refractivity (Wildman–Crippen MR) is 111 cm³/mol. The molecule has 0 radical (unpaired) electrons. The Labute approximate surface area is 160 Å².